The van der Waals surface area contributed by atoms with Gasteiger partial charge in [-0.2, -0.15) is 0 Å². The van der Waals surface area contributed by atoms with Crippen LogP contribution in [0.1, 0.15) is 31.7 Å². The normalized spacial score (nSPS) is 18.7. The van der Waals surface area contributed by atoms with Crippen molar-refractivity contribution in [3.63, 3.8) is 0 Å². The molecule has 1 aliphatic rings. The molecule has 0 spiro atoms. The lowest BCUT2D eigenvalue weighted by atomic mass is 10.1. The number of hydrogen-bond donors (Lipinski definition) is 0. The van der Waals surface area contributed by atoms with Gasteiger partial charge in [-0.25, -0.2) is 0 Å². The summed E-state index contributed by atoms with van der Waals surface area (Å²) in [6.07, 6.45) is 6.93. The third kappa shape index (κ3) is 5.01. The molecule has 0 aromatic carbocycles. The number of pyridine rings is 1. The van der Waals surface area contributed by atoms with Crippen molar-refractivity contribution in [3.05, 3.63) is 24.0 Å². The molecule has 5 nitrogen and oxygen atoms in total. The molecule has 0 N–H and O–H groups in total. The Balaban J connectivity index is 1.81. The molecule has 0 aliphatic carbocycles. The largest absolute Gasteiger partial charge is 0.490 e. The second-order valence-corrected chi connectivity index (χ2v) is 5.42. The number of esters is 1. The molecular weight excluding hydrogens is 268 g/mol. The van der Waals surface area contributed by atoms with E-state index in [1.54, 1.807) is 12.4 Å². The first kappa shape index (κ1) is 15.8. The Labute approximate surface area is 126 Å². The summed E-state index contributed by atoms with van der Waals surface area (Å²) in [5.41, 5.74) is 1.00. The van der Waals surface area contributed by atoms with Crippen molar-refractivity contribution in [2.75, 3.05) is 26.8 Å². The van der Waals surface area contributed by atoms with E-state index in [0.717, 1.165) is 17.9 Å². The monoisotopic (exact) mass is 292 g/mol. The number of rotatable bonds is 7. The molecule has 1 atom stereocenters. The molecule has 0 saturated carbocycles. The second-order valence-electron chi connectivity index (χ2n) is 5.42. The first-order valence-corrected chi connectivity index (χ1v) is 7.61. The van der Waals surface area contributed by atoms with Crippen molar-refractivity contribution in [2.24, 2.45) is 0 Å². The summed E-state index contributed by atoms with van der Waals surface area (Å²) in [7, 11) is 2.13. The number of aromatic nitrogens is 1. The van der Waals surface area contributed by atoms with E-state index in [1.165, 1.54) is 12.8 Å². The van der Waals surface area contributed by atoms with Gasteiger partial charge in [0, 0.05) is 18.7 Å². The topological polar surface area (TPSA) is 51.7 Å². The van der Waals surface area contributed by atoms with Gasteiger partial charge < -0.3 is 14.4 Å². The van der Waals surface area contributed by atoms with Crippen molar-refractivity contribution in [1.29, 1.82) is 0 Å². The van der Waals surface area contributed by atoms with Crippen LogP contribution in [0.4, 0.5) is 0 Å². The maximum absolute atomic E-state index is 11.4. The summed E-state index contributed by atoms with van der Waals surface area (Å²) in [5, 5.41) is 0. The fraction of sp³-hybridized carbons (Fsp3) is 0.625. The third-order valence-electron chi connectivity index (χ3n) is 3.81. The Morgan fingerprint density at radius 3 is 3.05 bits per heavy atom. The lowest BCUT2D eigenvalue weighted by Gasteiger charge is -2.19. The smallest absolute Gasteiger partial charge is 0.306 e. The van der Waals surface area contributed by atoms with Crippen LogP contribution in [-0.2, 0) is 16.0 Å². The number of ether oxygens (including phenoxy) is 2. The van der Waals surface area contributed by atoms with E-state index in [9.17, 15) is 4.79 Å². The SMILES string of the molecule is CCOC(=O)CCc1cncc(OC[C@@H]2CCCN2C)c1. The molecule has 1 aromatic rings. The average Bonchev–Trinajstić information content (AvgIpc) is 2.89. The van der Waals surface area contributed by atoms with Crippen molar-refractivity contribution >= 4 is 5.97 Å². The van der Waals surface area contributed by atoms with E-state index in [0.29, 0.717) is 32.1 Å². The Kier molecular flexibility index (Phi) is 5.99. The van der Waals surface area contributed by atoms with Crippen LogP contribution in [0.15, 0.2) is 18.5 Å². The Morgan fingerprint density at radius 2 is 2.33 bits per heavy atom. The number of carbonyl (C=O) groups excluding carboxylic acids is 1. The van der Waals surface area contributed by atoms with Crippen LogP contribution < -0.4 is 4.74 Å². The molecule has 116 valence electrons. The van der Waals surface area contributed by atoms with Crippen LogP contribution in [0, 0.1) is 0 Å². The van der Waals surface area contributed by atoms with Gasteiger partial charge in [0.25, 0.3) is 0 Å². The average molecular weight is 292 g/mol. The highest BCUT2D eigenvalue weighted by Gasteiger charge is 2.21. The van der Waals surface area contributed by atoms with Crippen LogP contribution in [0.2, 0.25) is 0 Å². The van der Waals surface area contributed by atoms with Crippen LogP contribution in [0.5, 0.6) is 5.75 Å². The zero-order valence-corrected chi connectivity index (χ0v) is 12.9. The molecule has 21 heavy (non-hydrogen) atoms. The zero-order chi connectivity index (χ0) is 15.1. The van der Waals surface area contributed by atoms with E-state index < -0.39 is 0 Å². The first-order chi connectivity index (χ1) is 10.2. The third-order valence-corrected chi connectivity index (χ3v) is 3.81. The second kappa shape index (κ2) is 7.98. The maximum Gasteiger partial charge on any atom is 0.306 e. The van der Waals surface area contributed by atoms with Crippen LogP contribution in [-0.4, -0.2) is 48.7 Å². The van der Waals surface area contributed by atoms with Gasteiger partial charge in [-0.15, -0.1) is 0 Å². The minimum atomic E-state index is -0.170. The summed E-state index contributed by atoms with van der Waals surface area (Å²) in [4.78, 5) is 17.9. The predicted molar refractivity (Wildman–Crippen MR) is 80.3 cm³/mol. The number of hydrogen-bond acceptors (Lipinski definition) is 5. The highest BCUT2D eigenvalue weighted by Crippen LogP contribution is 2.18. The van der Waals surface area contributed by atoms with Crippen molar-refractivity contribution in [1.82, 2.24) is 9.88 Å². The minimum Gasteiger partial charge on any atom is -0.490 e. The molecule has 1 aromatic heterocycles. The highest BCUT2D eigenvalue weighted by atomic mass is 16.5. The van der Waals surface area contributed by atoms with Gasteiger partial charge in [-0.3, -0.25) is 9.78 Å². The zero-order valence-electron chi connectivity index (χ0n) is 12.9. The summed E-state index contributed by atoms with van der Waals surface area (Å²) in [6, 6.07) is 2.45. The number of likely N-dealkylation sites (tertiary alicyclic amines) is 1. The molecule has 5 heteroatoms. The molecular formula is C16H24N2O3. The molecule has 1 aliphatic heterocycles. The number of nitrogens with zero attached hydrogens (tertiary/aromatic N) is 2. The summed E-state index contributed by atoms with van der Waals surface area (Å²) in [5.74, 6) is 0.605. The van der Waals surface area contributed by atoms with Gasteiger partial charge in [-0.1, -0.05) is 0 Å². The van der Waals surface area contributed by atoms with Gasteiger partial charge in [0.05, 0.1) is 12.8 Å². The Bertz CT molecular complexity index is 465. The van der Waals surface area contributed by atoms with Gasteiger partial charge in [0.15, 0.2) is 0 Å². The van der Waals surface area contributed by atoms with Crippen molar-refractivity contribution < 1.29 is 14.3 Å². The van der Waals surface area contributed by atoms with Gasteiger partial charge in [0.2, 0.25) is 0 Å². The summed E-state index contributed by atoms with van der Waals surface area (Å²) >= 11 is 0. The fourth-order valence-corrected chi connectivity index (χ4v) is 2.54. The molecule has 0 amide bonds. The molecule has 0 bridgehead atoms. The molecule has 1 fully saturated rings. The fourth-order valence-electron chi connectivity index (χ4n) is 2.54. The predicted octanol–water partition coefficient (Wildman–Crippen LogP) is 2.05. The number of likely N-dealkylation sites (N-methyl/N-ethyl adjacent to an activating group) is 1. The Morgan fingerprint density at radius 1 is 1.48 bits per heavy atom. The standard InChI is InChI=1S/C16H24N2O3/c1-3-20-16(19)7-6-13-9-15(11-17-10-13)21-12-14-5-4-8-18(14)2/h9-11,14H,3-8,12H2,1-2H3/t14-/m0/s1. The van der Waals surface area contributed by atoms with Crippen LogP contribution in [0.3, 0.4) is 0 Å². The first-order valence-electron chi connectivity index (χ1n) is 7.61. The number of carbonyl (C=O) groups is 1. The van der Waals surface area contributed by atoms with E-state index in [4.69, 9.17) is 9.47 Å². The highest BCUT2D eigenvalue weighted by molar-refractivity contribution is 5.69. The molecule has 0 unspecified atom stereocenters. The van der Waals surface area contributed by atoms with E-state index in [1.807, 2.05) is 13.0 Å². The molecule has 0 radical (unpaired) electrons. The minimum absolute atomic E-state index is 0.170. The molecule has 2 rings (SSSR count). The van der Waals surface area contributed by atoms with Crippen molar-refractivity contribution in [3.8, 4) is 5.75 Å². The van der Waals surface area contributed by atoms with Gasteiger partial charge in [0.1, 0.15) is 12.4 Å². The lowest BCUT2D eigenvalue weighted by Crippen LogP contribution is -2.30. The van der Waals surface area contributed by atoms with E-state index in [2.05, 4.69) is 16.9 Å². The lowest BCUT2D eigenvalue weighted by molar-refractivity contribution is -0.143. The van der Waals surface area contributed by atoms with Crippen molar-refractivity contribution in [2.45, 2.75) is 38.6 Å². The van der Waals surface area contributed by atoms with Crippen LogP contribution in [0.25, 0.3) is 0 Å². The van der Waals surface area contributed by atoms with E-state index in [-0.39, 0.29) is 5.97 Å². The summed E-state index contributed by atoms with van der Waals surface area (Å²) in [6.45, 7) is 4.08. The number of aryl methyl sites for hydroxylation is 1. The van der Waals surface area contributed by atoms with E-state index >= 15 is 0 Å². The van der Waals surface area contributed by atoms with Gasteiger partial charge in [-0.05, 0) is 51.4 Å². The van der Waals surface area contributed by atoms with Crippen LogP contribution >= 0.6 is 0 Å². The summed E-state index contributed by atoms with van der Waals surface area (Å²) < 4.78 is 10.8. The Hall–Kier alpha value is -1.62. The quantitative estimate of drug-likeness (QED) is 0.720. The molecule has 1 saturated heterocycles. The maximum atomic E-state index is 11.4. The van der Waals surface area contributed by atoms with Gasteiger partial charge >= 0.3 is 5.97 Å². The molecule has 2 heterocycles.